The lowest BCUT2D eigenvalue weighted by atomic mass is 10.2. The van der Waals surface area contributed by atoms with E-state index in [-0.39, 0.29) is 15.8 Å². The van der Waals surface area contributed by atoms with Crippen LogP contribution >= 0.6 is 11.3 Å². The lowest BCUT2D eigenvalue weighted by molar-refractivity contribution is 0.399. The molecule has 0 spiro atoms. The summed E-state index contributed by atoms with van der Waals surface area (Å²) in [6, 6.07) is 9.41. The van der Waals surface area contributed by atoms with Crippen molar-refractivity contribution in [1.82, 2.24) is 4.31 Å². The highest BCUT2D eigenvalue weighted by Crippen LogP contribution is 2.39. The normalized spacial score (nSPS) is 20.0. The summed E-state index contributed by atoms with van der Waals surface area (Å²) in [5.41, 5.74) is 0. The lowest BCUT2D eigenvalue weighted by Gasteiger charge is -2.24. The van der Waals surface area contributed by atoms with Gasteiger partial charge in [-0.3, -0.25) is 0 Å². The van der Waals surface area contributed by atoms with Gasteiger partial charge in [-0.05, 0) is 36.4 Å². The molecular weight excluding hydrogens is 354 g/mol. The van der Waals surface area contributed by atoms with Crippen molar-refractivity contribution in [2.75, 3.05) is 12.8 Å². The molecule has 1 aliphatic rings. The number of nitrogens with zero attached hydrogens (tertiary/aromatic N) is 1. The van der Waals surface area contributed by atoms with Crippen molar-refractivity contribution < 1.29 is 16.8 Å². The molecule has 0 radical (unpaired) electrons. The van der Waals surface area contributed by atoms with Crippen LogP contribution in [0.3, 0.4) is 0 Å². The van der Waals surface area contributed by atoms with Gasteiger partial charge in [-0.1, -0.05) is 18.2 Å². The zero-order valence-electron chi connectivity index (χ0n) is 12.5. The second-order valence-corrected chi connectivity index (χ2v) is 10.3. The van der Waals surface area contributed by atoms with Gasteiger partial charge in [0.1, 0.15) is 4.90 Å². The van der Waals surface area contributed by atoms with E-state index >= 15 is 0 Å². The standard InChI is InChI=1S/C15H17NO4S3/c1-22(17,18)14-8-2-3-9-15(14)23(19,20)16-10-4-6-12(16)13-7-5-11-21-13/h2-3,5,7-9,11-12H,4,6,10H2,1H3. The predicted molar refractivity (Wildman–Crippen MR) is 89.7 cm³/mol. The minimum absolute atomic E-state index is 0.133. The van der Waals surface area contributed by atoms with Crippen molar-refractivity contribution in [1.29, 1.82) is 0 Å². The molecule has 23 heavy (non-hydrogen) atoms. The smallest absolute Gasteiger partial charge is 0.224 e. The van der Waals surface area contributed by atoms with Gasteiger partial charge >= 0.3 is 0 Å². The summed E-state index contributed by atoms with van der Waals surface area (Å²) in [6.07, 6.45) is 2.55. The molecule has 8 heteroatoms. The fraction of sp³-hybridized carbons (Fsp3) is 0.333. The minimum Gasteiger partial charge on any atom is -0.224 e. The van der Waals surface area contributed by atoms with Gasteiger partial charge in [0.25, 0.3) is 0 Å². The molecule has 1 aromatic heterocycles. The van der Waals surface area contributed by atoms with E-state index in [0.29, 0.717) is 6.54 Å². The number of rotatable bonds is 4. The van der Waals surface area contributed by atoms with Gasteiger partial charge in [0.2, 0.25) is 10.0 Å². The van der Waals surface area contributed by atoms with Gasteiger partial charge in [-0.25, -0.2) is 16.8 Å². The van der Waals surface area contributed by atoms with Crippen molar-refractivity contribution in [2.24, 2.45) is 0 Å². The molecule has 0 bridgehead atoms. The Labute approximate surface area is 140 Å². The molecule has 1 unspecified atom stereocenters. The van der Waals surface area contributed by atoms with Crippen LogP contribution in [0.25, 0.3) is 0 Å². The van der Waals surface area contributed by atoms with Crippen molar-refractivity contribution >= 4 is 31.2 Å². The van der Waals surface area contributed by atoms with E-state index < -0.39 is 19.9 Å². The SMILES string of the molecule is CS(=O)(=O)c1ccccc1S(=O)(=O)N1CCCC1c1cccs1. The predicted octanol–water partition coefficient (Wildman–Crippen LogP) is 2.68. The largest absolute Gasteiger partial charge is 0.244 e. The fourth-order valence-electron chi connectivity index (χ4n) is 2.89. The molecule has 1 atom stereocenters. The summed E-state index contributed by atoms with van der Waals surface area (Å²) in [6.45, 7) is 0.406. The van der Waals surface area contributed by atoms with Gasteiger partial charge in [0.15, 0.2) is 9.84 Å². The van der Waals surface area contributed by atoms with E-state index in [1.54, 1.807) is 6.07 Å². The van der Waals surface area contributed by atoms with Crippen LogP contribution in [0.1, 0.15) is 23.8 Å². The van der Waals surface area contributed by atoms with Crippen molar-refractivity contribution in [3.63, 3.8) is 0 Å². The average molecular weight is 372 g/mol. The zero-order valence-corrected chi connectivity index (χ0v) is 15.0. The van der Waals surface area contributed by atoms with E-state index in [2.05, 4.69) is 0 Å². The summed E-state index contributed by atoms with van der Waals surface area (Å²) >= 11 is 1.52. The van der Waals surface area contributed by atoms with Crippen LogP contribution in [0.4, 0.5) is 0 Å². The van der Waals surface area contributed by atoms with Gasteiger partial charge < -0.3 is 0 Å². The summed E-state index contributed by atoms with van der Waals surface area (Å²) in [4.78, 5) is 0.714. The molecular formula is C15H17NO4S3. The molecule has 5 nitrogen and oxygen atoms in total. The highest BCUT2D eigenvalue weighted by Gasteiger charge is 2.38. The molecule has 1 fully saturated rings. The average Bonchev–Trinajstić information content (AvgIpc) is 3.17. The van der Waals surface area contributed by atoms with Crippen LogP contribution in [0.15, 0.2) is 51.6 Å². The third kappa shape index (κ3) is 3.08. The Hall–Kier alpha value is -1.22. The molecule has 0 N–H and O–H groups in total. The van der Waals surface area contributed by atoms with Crippen molar-refractivity contribution in [3.8, 4) is 0 Å². The van der Waals surface area contributed by atoms with E-state index in [1.165, 1.54) is 33.8 Å². The van der Waals surface area contributed by atoms with Crippen molar-refractivity contribution in [3.05, 3.63) is 46.7 Å². The van der Waals surface area contributed by atoms with Crippen LogP contribution in [0, 0.1) is 0 Å². The minimum atomic E-state index is -3.87. The van der Waals surface area contributed by atoms with E-state index in [4.69, 9.17) is 0 Å². The second-order valence-electron chi connectivity index (χ2n) is 5.51. The number of sulfone groups is 1. The first-order valence-corrected chi connectivity index (χ1v) is 11.4. The summed E-state index contributed by atoms with van der Waals surface area (Å²) in [5.74, 6) is 0. The van der Waals surface area contributed by atoms with Crippen LogP contribution in [-0.4, -0.2) is 33.9 Å². The highest BCUT2D eigenvalue weighted by atomic mass is 32.2. The Balaban J connectivity index is 2.09. The Kier molecular flexibility index (Phi) is 4.35. The van der Waals surface area contributed by atoms with Gasteiger partial charge in [-0.2, -0.15) is 4.31 Å². The Bertz CT molecular complexity index is 902. The maximum Gasteiger partial charge on any atom is 0.244 e. The number of sulfonamides is 1. The fourth-order valence-corrected chi connectivity index (χ4v) is 7.11. The molecule has 1 aliphatic heterocycles. The lowest BCUT2D eigenvalue weighted by Crippen LogP contribution is -2.31. The molecule has 0 aliphatic carbocycles. The van der Waals surface area contributed by atoms with Gasteiger partial charge in [0.05, 0.1) is 10.9 Å². The third-order valence-corrected chi connectivity index (χ3v) is 8.13. The molecule has 2 aromatic rings. The summed E-state index contributed by atoms with van der Waals surface area (Å²) in [7, 11) is -7.49. The van der Waals surface area contributed by atoms with Gasteiger partial charge in [0, 0.05) is 17.7 Å². The first-order valence-electron chi connectivity index (χ1n) is 7.16. The number of hydrogen-bond acceptors (Lipinski definition) is 5. The first kappa shape index (κ1) is 16.6. The van der Waals surface area contributed by atoms with E-state index in [1.807, 2.05) is 17.5 Å². The quantitative estimate of drug-likeness (QED) is 0.828. The molecule has 2 heterocycles. The van der Waals surface area contributed by atoms with Crippen LogP contribution in [0.5, 0.6) is 0 Å². The molecule has 124 valence electrons. The molecule has 1 aromatic carbocycles. The Morgan fingerprint density at radius 3 is 2.35 bits per heavy atom. The zero-order chi connectivity index (χ0) is 16.7. The molecule has 1 saturated heterocycles. The highest BCUT2D eigenvalue weighted by molar-refractivity contribution is 7.93. The van der Waals surface area contributed by atoms with Gasteiger partial charge in [-0.15, -0.1) is 11.3 Å². The van der Waals surface area contributed by atoms with Crippen LogP contribution in [-0.2, 0) is 19.9 Å². The maximum atomic E-state index is 13.1. The monoisotopic (exact) mass is 371 g/mol. The molecule has 3 rings (SSSR count). The molecule has 0 amide bonds. The summed E-state index contributed by atoms with van der Waals surface area (Å²) in [5, 5.41) is 1.92. The number of hydrogen-bond donors (Lipinski definition) is 0. The van der Waals surface area contributed by atoms with Crippen LogP contribution < -0.4 is 0 Å². The third-order valence-electron chi connectivity index (χ3n) is 3.91. The summed E-state index contributed by atoms with van der Waals surface area (Å²) < 4.78 is 51.5. The van der Waals surface area contributed by atoms with E-state index in [0.717, 1.165) is 24.0 Å². The number of benzene rings is 1. The topological polar surface area (TPSA) is 71.5 Å². The Morgan fingerprint density at radius 1 is 1.04 bits per heavy atom. The maximum absolute atomic E-state index is 13.1. The van der Waals surface area contributed by atoms with Crippen LogP contribution in [0.2, 0.25) is 0 Å². The van der Waals surface area contributed by atoms with Crippen molar-refractivity contribution in [2.45, 2.75) is 28.7 Å². The first-order chi connectivity index (χ1) is 10.8. The van der Waals surface area contributed by atoms with E-state index in [9.17, 15) is 16.8 Å². The second kappa shape index (κ2) is 6.01. The Morgan fingerprint density at radius 2 is 1.74 bits per heavy atom. The molecule has 0 saturated carbocycles. The number of thiophene rings is 1.